The van der Waals surface area contributed by atoms with Crippen LogP contribution in [-0.2, 0) is 27.2 Å². The lowest BCUT2D eigenvalue weighted by Crippen LogP contribution is -2.22. The molecule has 22 heavy (non-hydrogen) atoms. The zero-order valence-electron chi connectivity index (χ0n) is 12.8. The second kappa shape index (κ2) is 10.2. The smallest absolute Gasteiger partial charge is 0.384 e. The van der Waals surface area contributed by atoms with Crippen molar-refractivity contribution in [3.63, 3.8) is 0 Å². The van der Waals surface area contributed by atoms with E-state index in [1.54, 1.807) is 0 Å². The molecule has 0 aliphatic heterocycles. The Labute approximate surface area is 133 Å². The van der Waals surface area contributed by atoms with E-state index in [9.17, 15) is 5.02 Å². The Hall–Kier alpha value is -1.62. The third kappa shape index (κ3) is 6.90. The molecular weight excluding hydrogens is 275 g/mol. The first-order valence-electron chi connectivity index (χ1n) is 7.81. The van der Waals surface area contributed by atoms with E-state index in [0.717, 1.165) is 25.7 Å². The van der Waals surface area contributed by atoms with Crippen LogP contribution in [0.25, 0.3) is 0 Å². The lowest BCUT2D eigenvalue weighted by Gasteiger charge is -2.08. The summed E-state index contributed by atoms with van der Waals surface area (Å²) in [6.45, 7) is 0.865. The number of aryl methyl sites for hydroxylation is 2. The molecule has 0 unspecified atom stereocenters. The fourth-order valence-corrected chi connectivity index (χ4v) is 2.25. The van der Waals surface area contributed by atoms with Crippen molar-refractivity contribution in [1.82, 2.24) is 0 Å². The van der Waals surface area contributed by atoms with Gasteiger partial charge in [0, 0.05) is 13.2 Å². The maximum atomic E-state index is 11.5. The van der Waals surface area contributed by atoms with Gasteiger partial charge in [0.05, 0.1) is 0 Å². The Bertz CT molecular complexity index is 457. The van der Waals surface area contributed by atoms with Gasteiger partial charge in [-0.05, 0) is 36.8 Å². The largest absolute Gasteiger partial charge is 0.666 e. The molecule has 0 saturated heterocycles. The highest BCUT2D eigenvalue weighted by Crippen LogP contribution is 2.04. The van der Waals surface area contributed by atoms with Gasteiger partial charge in [-0.15, -0.1) is 0 Å². The van der Waals surface area contributed by atoms with E-state index in [4.69, 9.17) is 9.31 Å². The molecule has 0 atom stereocenters. The van der Waals surface area contributed by atoms with E-state index in [2.05, 4.69) is 24.3 Å². The van der Waals surface area contributed by atoms with Crippen molar-refractivity contribution in [3.8, 4) is 0 Å². The predicted molar refractivity (Wildman–Crippen MR) is 87.9 cm³/mol. The van der Waals surface area contributed by atoms with Crippen molar-refractivity contribution in [3.05, 3.63) is 71.8 Å². The summed E-state index contributed by atoms with van der Waals surface area (Å²) >= 11 is 0. The molecule has 2 aromatic carbocycles. The predicted octanol–water partition coefficient (Wildman–Crippen LogP) is 3.70. The first-order valence-corrected chi connectivity index (χ1v) is 7.81. The van der Waals surface area contributed by atoms with E-state index in [1.807, 2.05) is 36.4 Å². The third-order valence-electron chi connectivity index (χ3n) is 3.41. The van der Waals surface area contributed by atoms with E-state index < -0.39 is 7.32 Å². The van der Waals surface area contributed by atoms with Gasteiger partial charge in [0.1, 0.15) is 0 Å². The normalized spacial score (nSPS) is 10.6. The SMILES string of the molecule is [O]B(OCCCc1ccccc1)OCCCc1ccccc1. The van der Waals surface area contributed by atoms with Crippen LogP contribution in [0.2, 0.25) is 0 Å². The van der Waals surface area contributed by atoms with Gasteiger partial charge < -0.3 is 9.31 Å². The molecule has 0 fully saturated rings. The molecule has 115 valence electrons. The monoisotopic (exact) mass is 297 g/mol. The van der Waals surface area contributed by atoms with Crippen LogP contribution in [0.4, 0.5) is 0 Å². The Kier molecular flexibility index (Phi) is 7.74. The van der Waals surface area contributed by atoms with Gasteiger partial charge in [-0.3, -0.25) is 0 Å². The van der Waals surface area contributed by atoms with Gasteiger partial charge >= 0.3 is 7.32 Å². The van der Waals surface area contributed by atoms with Gasteiger partial charge in [-0.1, -0.05) is 60.7 Å². The highest BCUT2D eigenvalue weighted by molar-refractivity contribution is 6.34. The molecule has 2 aromatic rings. The molecule has 0 heterocycles. The molecule has 1 radical (unpaired) electrons. The number of hydrogen-bond donors (Lipinski definition) is 0. The Balaban J connectivity index is 1.48. The van der Waals surface area contributed by atoms with Crippen LogP contribution < -0.4 is 0 Å². The minimum atomic E-state index is -1.37. The fourth-order valence-electron chi connectivity index (χ4n) is 2.25. The van der Waals surface area contributed by atoms with E-state index in [1.165, 1.54) is 11.1 Å². The maximum absolute atomic E-state index is 11.5. The first-order chi connectivity index (χ1) is 10.8. The molecule has 0 bridgehead atoms. The summed E-state index contributed by atoms with van der Waals surface area (Å²) in [4.78, 5) is 0. The van der Waals surface area contributed by atoms with Gasteiger partial charge in [0.2, 0.25) is 0 Å². The zero-order valence-corrected chi connectivity index (χ0v) is 12.8. The molecule has 0 amide bonds. The highest BCUT2D eigenvalue weighted by Gasteiger charge is 2.16. The topological polar surface area (TPSA) is 38.4 Å². The standard InChI is InChI=1S/C18H22BO3/c20-19(21-15-7-13-17-9-3-1-4-10-17)22-16-8-14-18-11-5-2-6-12-18/h1-6,9-12H,7-8,13-16H2. The zero-order chi connectivity index (χ0) is 15.5. The summed E-state index contributed by atoms with van der Waals surface area (Å²) in [5, 5.41) is 11.5. The molecule has 3 nitrogen and oxygen atoms in total. The first kappa shape index (κ1) is 16.8. The Morgan fingerprint density at radius 2 is 1.09 bits per heavy atom. The van der Waals surface area contributed by atoms with Crippen LogP contribution in [-0.4, -0.2) is 20.5 Å². The average molecular weight is 297 g/mol. The molecule has 0 aliphatic carbocycles. The fraction of sp³-hybridized carbons (Fsp3) is 0.333. The lowest BCUT2D eigenvalue weighted by molar-refractivity contribution is 0.106. The second-order valence-electron chi connectivity index (χ2n) is 5.21. The number of benzene rings is 2. The van der Waals surface area contributed by atoms with Gasteiger partial charge in [0.15, 0.2) is 0 Å². The summed E-state index contributed by atoms with van der Waals surface area (Å²) in [6.07, 6.45) is 3.50. The van der Waals surface area contributed by atoms with Crippen molar-refractivity contribution in [1.29, 1.82) is 0 Å². The summed E-state index contributed by atoms with van der Waals surface area (Å²) in [5.74, 6) is 0. The molecule has 0 aromatic heterocycles. The van der Waals surface area contributed by atoms with Gasteiger partial charge in [-0.25, -0.2) is 5.02 Å². The Morgan fingerprint density at radius 3 is 1.50 bits per heavy atom. The number of hydrogen-bond acceptors (Lipinski definition) is 2. The molecule has 0 N–H and O–H groups in total. The van der Waals surface area contributed by atoms with E-state index in [-0.39, 0.29) is 0 Å². The second-order valence-corrected chi connectivity index (χ2v) is 5.21. The van der Waals surface area contributed by atoms with Crippen molar-refractivity contribution < 1.29 is 14.3 Å². The van der Waals surface area contributed by atoms with Crippen molar-refractivity contribution in [2.24, 2.45) is 0 Å². The van der Waals surface area contributed by atoms with Crippen LogP contribution in [0.3, 0.4) is 0 Å². The van der Waals surface area contributed by atoms with Crippen LogP contribution in [0.5, 0.6) is 0 Å². The summed E-state index contributed by atoms with van der Waals surface area (Å²) in [5.41, 5.74) is 2.52. The van der Waals surface area contributed by atoms with Crippen LogP contribution in [0.1, 0.15) is 24.0 Å². The van der Waals surface area contributed by atoms with Crippen molar-refractivity contribution >= 4 is 7.32 Å². The molecule has 0 spiro atoms. The lowest BCUT2D eigenvalue weighted by atomic mass is 10.1. The molecular formula is C18H22BO3. The minimum Gasteiger partial charge on any atom is -0.384 e. The summed E-state index contributed by atoms with van der Waals surface area (Å²) in [6, 6.07) is 20.4. The van der Waals surface area contributed by atoms with Gasteiger partial charge in [-0.2, -0.15) is 0 Å². The molecule has 0 aliphatic rings. The van der Waals surface area contributed by atoms with E-state index >= 15 is 0 Å². The maximum Gasteiger partial charge on any atom is 0.666 e. The Morgan fingerprint density at radius 1 is 0.682 bits per heavy atom. The summed E-state index contributed by atoms with van der Waals surface area (Å²) in [7, 11) is -1.37. The average Bonchev–Trinajstić information content (AvgIpc) is 2.57. The van der Waals surface area contributed by atoms with Crippen LogP contribution in [0, 0.1) is 0 Å². The molecule has 0 saturated carbocycles. The van der Waals surface area contributed by atoms with Gasteiger partial charge in [0.25, 0.3) is 0 Å². The van der Waals surface area contributed by atoms with Crippen LogP contribution in [0.15, 0.2) is 60.7 Å². The molecule has 2 rings (SSSR count). The van der Waals surface area contributed by atoms with Crippen molar-refractivity contribution in [2.45, 2.75) is 25.7 Å². The van der Waals surface area contributed by atoms with E-state index in [0.29, 0.717) is 13.2 Å². The summed E-state index contributed by atoms with van der Waals surface area (Å²) < 4.78 is 10.3. The number of rotatable bonds is 10. The third-order valence-corrected chi connectivity index (χ3v) is 3.41. The highest BCUT2D eigenvalue weighted by atomic mass is 16.7. The minimum absolute atomic E-state index is 0.432. The van der Waals surface area contributed by atoms with Crippen molar-refractivity contribution in [2.75, 3.05) is 13.2 Å². The molecule has 4 heteroatoms. The quantitative estimate of drug-likeness (QED) is 0.495. The van der Waals surface area contributed by atoms with Crippen LogP contribution >= 0.6 is 0 Å².